The molecule has 6 heteroatoms. The van der Waals surface area contributed by atoms with Crippen LogP contribution in [0.5, 0.6) is 0 Å². The smallest absolute Gasteiger partial charge is 0.228 e. The van der Waals surface area contributed by atoms with Gasteiger partial charge in [-0.3, -0.25) is 14.5 Å². The number of benzene rings is 1. The first-order valence-electron chi connectivity index (χ1n) is 7.09. The molecule has 0 bridgehead atoms. The zero-order chi connectivity index (χ0) is 16.2. The largest absolute Gasteiger partial charge is 0.324 e. The molecule has 5 nitrogen and oxygen atoms in total. The number of carbonyl (C=O) groups is 1. The van der Waals surface area contributed by atoms with E-state index in [1.54, 1.807) is 29.3 Å². The Morgan fingerprint density at radius 3 is 2.78 bits per heavy atom. The molecule has 2 aromatic heterocycles. The number of halogens is 1. The fourth-order valence-corrected chi connectivity index (χ4v) is 2.46. The van der Waals surface area contributed by atoms with E-state index in [9.17, 15) is 4.79 Å². The molecule has 0 saturated carbocycles. The van der Waals surface area contributed by atoms with Gasteiger partial charge in [-0.2, -0.15) is 5.10 Å². The summed E-state index contributed by atoms with van der Waals surface area (Å²) in [5, 5.41) is 7.57. The molecule has 1 amide bonds. The minimum absolute atomic E-state index is 0.136. The van der Waals surface area contributed by atoms with Gasteiger partial charge in [-0.25, -0.2) is 0 Å². The van der Waals surface area contributed by atoms with Crippen LogP contribution in [-0.2, 0) is 18.3 Å². The van der Waals surface area contributed by atoms with E-state index in [-0.39, 0.29) is 12.3 Å². The summed E-state index contributed by atoms with van der Waals surface area (Å²) >= 11 is 6.08. The third kappa shape index (κ3) is 3.76. The second-order valence-corrected chi connectivity index (χ2v) is 5.59. The number of hydrogen-bond donors (Lipinski definition) is 1. The molecule has 1 N–H and O–H groups in total. The molecule has 0 spiro atoms. The van der Waals surface area contributed by atoms with E-state index < -0.39 is 0 Å². The molecule has 0 fully saturated rings. The van der Waals surface area contributed by atoms with Gasteiger partial charge in [-0.15, -0.1) is 0 Å². The van der Waals surface area contributed by atoms with E-state index in [4.69, 9.17) is 11.6 Å². The van der Waals surface area contributed by atoms with E-state index in [1.165, 1.54) is 0 Å². The second kappa shape index (κ2) is 6.62. The molecule has 2 heterocycles. The van der Waals surface area contributed by atoms with Crippen LogP contribution in [0.4, 0.5) is 5.69 Å². The summed E-state index contributed by atoms with van der Waals surface area (Å²) in [6.07, 6.45) is 7.22. The summed E-state index contributed by atoms with van der Waals surface area (Å²) in [7, 11) is 1.85. The van der Waals surface area contributed by atoms with Gasteiger partial charge in [0.05, 0.1) is 24.5 Å². The van der Waals surface area contributed by atoms with E-state index in [2.05, 4.69) is 15.4 Å². The highest BCUT2D eigenvalue weighted by atomic mass is 35.5. The molecular formula is C17H15ClN4O. The van der Waals surface area contributed by atoms with Gasteiger partial charge in [-0.1, -0.05) is 29.8 Å². The topological polar surface area (TPSA) is 59.8 Å². The number of pyridine rings is 1. The van der Waals surface area contributed by atoms with Crippen LogP contribution >= 0.6 is 11.6 Å². The predicted molar refractivity (Wildman–Crippen MR) is 90.2 cm³/mol. The lowest BCUT2D eigenvalue weighted by Crippen LogP contribution is -2.14. The number of carbonyl (C=O) groups excluding carboxylic acids is 1. The summed E-state index contributed by atoms with van der Waals surface area (Å²) in [6.45, 7) is 0. The molecule has 0 aliphatic carbocycles. The van der Waals surface area contributed by atoms with Gasteiger partial charge in [0.1, 0.15) is 0 Å². The molecule has 3 rings (SSSR count). The molecule has 0 saturated heterocycles. The predicted octanol–water partition coefficient (Wildman–Crippen LogP) is 3.32. The molecule has 0 unspecified atom stereocenters. The summed E-state index contributed by atoms with van der Waals surface area (Å²) in [6, 6.07) is 9.18. The van der Waals surface area contributed by atoms with Crippen LogP contribution < -0.4 is 5.32 Å². The van der Waals surface area contributed by atoms with E-state index in [0.717, 1.165) is 16.7 Å². The van der Waals surface area contributed by atoms with Crippen LogP contribution in [0.25, 0.3) is 11.1 Å². The average Bonchev–Trinajstić information content (AvgIpc) is 2.96. The van der Waals surface area contributed by atoms with Crippen molar-refractivity contribution in [1.29, 1.82) is 0 Å². The summed E-state index contributed by atoms with van der Waals surface area (Å²) in [4.78, 5) is 16.3. The minimum atomic E-state index is -0.136. The van der Waals surface area contributed by atoms with Crippen LogP contribution in [0, 0.1) is 0 Å². The van der Waals surface area contributed by atoms with E-state index in [0.29, 0.717) is 10.7 Å². The Morgan fingerprint density at radius 1 is 1.22 bits per heavy atom. The van der Waals surface area contributed by atoms with Crippen molar-refractivity contribution in [2.24, 2.45) is 7.05 Å². The highest BCUT2D eigenvalue weighted by Crippen LogP contribution is 2.21. The number of aromatic nitrogens is 3. The minimum Gasteiger partial charge on any atom is -0.324 e. The van der Waals surface area contributed by atoms with Gasteiger partial charge >= 0.3 is 0 Å². The number of rotatable bonds is 4. The third-order valence-corrected chi connectivity index (χ3v) is 3.74. The number of nitrogens with one attached hydrogen (secondary N) is 1. The molecule has 0 aliphatic heterocycles. The standard InChI is InChI=1S/C17H15ClN4O/c1-22-11-14(9-20-22)13-6-15(10-19-8-13)21-17(23)7-12-4-2-3-5-16(12)18/h2-6,8-11H,7H2,1H3,(H,21,23). The molecule has 116 valence electrons. The van der Waals surface area contributed by atoms with Gasteiger partial charge in [0.2, 0.25) is 5.91 Å². The van der Waals surface area contributed by atoms with Crippen molar-refractivity contribution in [3.8, 4) is 11.1 Å². The van der Waals surface area contributed by atoms with Crippen LogP contribution in [0.2, 0.25) is 5.02 Å². The maximum Gasteiger partial charge on any atom is 0.228 e. The van der Waals surface area contributed by atoms with Crippen LogP contribution in [0.3, 0.4) is 0 Å². The fourth-order valence-electron chi connectivity index (χ4n) is 2.26. The first-order chi connectivity index (χ1) is 11.1. The van der Waals surface area contributed by atoms with E-state index in [1.807, 2.05) is 37.5 Å². The van der Waals surface area contributed by atoms with Crippen molar-refractivity contribution < 1.29 is 4.79 Å². The van der Waals surface area contributed by atoms with Gasteiger partial charge in [0, 0.05) is 35.6 Å². The quantitative estimate of drug-likeness (QED) is 0.800. The Hall–Kier alpha value is -2.66. The normalized spacial score (nSPS) is 10.5. The molecule has 23 heavy (non-hydrogen) atoms. The van der Waals surface area contributed by atoms with Crippen LogP contribution in [0.1, 0.15) is 5.56 Å². The fraction of sp³-hybridized carbons (Fsp3) is 0.118. The first-order valence-corrected chi connectivity index (χ1v) is 7.47. The molecular weight excluding hydrogens is 312 g/mol. The molecule has 1 aromatic carbocycles. The van der Waals surface area contributed by atoms with Gasteiger partial charge in [-0.05, 0) is 17.7 Å². The molecule has 0 atom stereocenters. The lowest BCUT2D eigenvalue weighted by molar-refractivity contribution is -0.115. The van der Waals surface area contributed by atoms with Crippen molar-refractivity contribution in [2.75, 3.05) is 5.32 Å². The van der Waals surface area contributed by atoms with E-state index >= 15 is 0 Å². The third-order valence-electron chi connectivity index (χ3n) is 3.37. The van der Waals surface area contributed by atoms with Gasteiger partial charge in [0.15, 0.2) is 0 Å². The van der Waals surface area contributed by atoms with Gasteiger partial charge in [0.25, 0.3) is 0 Å². The zero-order valence-electron chi connectivity index (χ0n) is 12.5. The van der Waals surface area contributed by atoms with Crippen molar-refractivity contribution in [3.63, 3.8) is 0 Å². The van der Waals surface area contributed by atoms with Crippen molar-refractivity contribution in [3.05, 3.63) is 65.7 Å². The lowest BCUT2D eigenvalue weighted by Gasteiger charge is -2.07. The number of anilines is 1. The Morgan fingerprint density at radius 2 is 2.04 bits per heavy atom. The second-order valence-electron chi connectivity index (χ2n) is 5.18. The van der Waals surface area contributed by atoms with Crippen LogP contribution in [0.15, 0.2) is 55.1 Å². The monoisotopic (exact) mass is 326 g/mol. The SMILES string of the molecule is Cn1cc(-c2cncc(NC(=O)Cc3ccccc3Cl)c2)cn1. The van der Waals surface area contributed by atoms with Crippen molar-refractivity contribution in [1.82, 2.24) is 14.8 Å². The highest BCUT2D eigenvalue weighted by molar-refractivity contribution is 6.31. The number of amides is 1. The first kappa shape index (κ1) is 15.2. The summed E-state index contributed by atoms with van der Waals surface area (Å²) in [5.74, 6) is -0.136. The van der Waals surface area contributed by atoms with Crippen molar-refractivity contribution in [2.45, 2.75) is 6.42 Å². The Bertz CT molecular complexity index is 844. The summed E-state index contributed by atoms with van der Waals surface area (Å²) < 4.78 is 1.72. The maximum absolute atomic E-state index is 12.2. The maximum atomic E-state index is 12.2. The number of nitrogens with zero attached hydrogens (tertiary/aromatic N) is 3. The van der Waals surface area contributed by atoms with Crippen molar-refractivity contribution >= 4 is 23.2 Å². The highest BCUT2D eigenvalue weighted by Gasteiger charge is 2.08. The van der Waals surface area contributed by atoms with Crippen LogP contribution in [-0.4, -0.2) is 20.7 Å². The number of aryl methyl sites for hydroxylation is 1. The van der Waals surface area contributed by atoms with Gasteiger partial charge < -0.3 is 5.32 Å². The Balaban J connectivity index is 1.73. The Kier molecular flexibility index (Phi) is 4.39. The summed E-state index contributed by atoms with van der Waals surface area (Å²) in [5.41, 5.74) is 3.28. The molecule has 0 aliphatic rings. The lowest BCUT2D eigenvalue weighted by atomic mass is 10.1. The average molecular weight is 327 g/mol. The molecule has 3 aromatic rings. The molecule has 0 radical (unpaired) electrons. The Labute approximate surface area is 138 Å². The number of hydrogen-bond acceptors (Lipinski definition) is 3. The zero-order valence-corrected chi connectivity index (χ0v) is 13.3.